The second-order valence-electron chi connectivity index (χ2n) is 6.03. The zero-order chi connectivity index (χ0) is 13.9. The van der Waals surface area contributed by atoms with Gasteiger partial charge in [-0.1, -0.05) is 13.2 Å². The number of likely N-dealkylation sites (tertiary alicyclic amines) is 2. The van der Waals surface area contributed by atoms with Gasteiger partial charge in [0.1, 0.15) is 0 Å². The number of rotatable bonds is 5. The molecule has 0 amide bonds. The van der Waals surface area contributed by atoms with Crippen LogP contribution in [0.25, 0.3) is 0 Å². The van der Waals surface area contributed by atoms with Crippen molar-refractivity contribution in [3.63, 3.8) is 0 Å². The molecule has 0 bridgehead atoms. The largest absolute Gasteiger partial charge is 0.374 e. The molecule has 0 aromatic rings. The first kappa shape index (κ1) is 14.4. The lowest BCUT2D eigenvalue weighted by molar-refractivity contribution is 0.134. The van der Waals surface area contributed by atoms with E-state index in [1.54, 1.807) is 0 Å². The van der Waals surface area contributed by atoms with Crippen molar-refractivity contribution < 1.29 is 0 Å². The quantitative estimate of drug-likeness (QED) is 0.777. The zero-order valence-corrected chi connectivity index (χ0v) is 12.2. The third-order valence-corrected chi connectivity index (χ3v) is 4.77. The molecule has 0 atom stereocenters. The topological polar surface area (TPSA) is 44.5 Å². The number of nitrogens with two attached hydrogens (primary N) is 1. The van der Waals surface area contributed by atoms with E-state index in [-0.39, 0.29) is 0 Å². The van der Waals surface area contributed by atoms with Crippen molar-refractivity contribution >= 4 is 0 Å². The van der Waals surface area contributed by atoms with Gasteiger partial charge in [0.2, 0.25) is 0 Å². The third-order valence-electron chi connectivity index (χ3n) is 4.77. The summed E-state index contributed by atoms with van der Waals surface area (Å²) in [4.78, 5) is 4.82. The van der Waals surface area contributed by atoms with Gasteiger partial charge < -0.3 is 20.9 Å². The molecule has 0 radical (unpaired) electrons. The number of hydrogen-bond donors (Lipinski definition) is 2. The highest BCUT2D eigenvalue weighted by Gasteiger charge is 2.40. The average molecular weight is 264 g/mol. The van der Waals surface area contributed by atoms with Crippen LogP contribution >= 0.6 is 0 Å². The zero-order valence-electron chi connectivity index (χ0n) is 12.2. The second kappa shape index (κ2) is 5.97. The molecule has 2 fully saturated rings. The van der Waals surface area contributed by atoms with E-state index in [9.17, 15) is 0 Å². The Morgan fingerprint density at radius 2 is 1.68 bits per heavy atom. The van der Waals surface area contributed by atoms with Crippen LogP contribution in [0.4, 0.5) is 0 Å². The molecule has 2 aliphatic heterocycles. The van der Waals surface area contributed by atoms with Gasteiger partial charge in [-0.15, -0.1) is 0 Å². The van der Waals surface area contributed by atoms with Crippen LogP contribution in [0.2, 0.25) is 0 Å². The molecule has 2 rings (SSSR count). The van der Waals surface area contributed by atoms with Crippen LogP contribution in [0.3, 0.4) is 0 Å². The second-order valence-corrected chi connectivity index (χ2v) is 6.03. The van der Waals surface area contributed by atoms with Crippen molar-refractivity contribution in [3.05, 3.63) is 24.6 Å². The van der Waals surface area contributed by atoms with Gasteiger partial charge in [-0.3, -0.25) is 0 Å². The fourth-order valence-corrected chi connectivity index (χ4v) is 3.36. The lowest BCUT2D eigenvalue weighted by Gasteiger charge is -2.41. The van der Waals surface area contributed by atoms with Crippen LogP contribution in [0, 0.1) is 5.41 Å². The summed E-state index contributed by atoms with van der Waals surface area (Å²) in [5, 5.41) is 3.19. The Labute approximate surface area is 117 Å². The van der Waals surface area contributed by atoms with E-state index in [1.807, 2.05) is 7.05 Å². The maximum Gasteiger partial charge on any atom is 0.0347 e. The Morgan fingerprint density at radius 1 is 1.11 bits per heavy atom. The summed E-state index contributed by atoms with van der Waals surface area (Å²) in [6, 6.07) is 0. The van der Waals surface area contributed by atoms with Gasteiger partial charge in [0.25, 0.3) is 0 Å². The molecule has 2 saturated heterocycles. The molecule has 0 aliphatic carbocycles. The van der Waals surface area contributed by atoms with E-state index in [1.165, 1.54) is 38.0 Å². The van der Waals surface area contributed by atoms with Crippen molar-refractivity contribution in [2.45, 2.75) is 19.3 Å². The average Bonchev–Trinajstić information content (AvgIpc) is 2.83. The predicted molar refractivity (Wildman–Crippen MR) is 80.7 cm³/mol. The minimum absolute atomic E-state index is 0.502. The van der Waals surface area contributed by atoms with Gasteiger partial charge in [-0.05, 0) is 31.7 Å². The van der Waals surface area contributed by atoms with Gasteiger partial charge in [-0.2, -0.15) is 0 Å². The Bertz CT molecular complexity index is 342. The van der Waals surface area contributed by atoms with E-state index < -0.39 is 0 Å². The normalized spacial score (nSPS) is 22.0. The highest BCUT2D eigenvalue weighted by atomic mass is 15.2. The maximum absolute atomic E-state index is 5.67. The molecule has 2 aliphatic rings. The van der Waals surface area contributed by atoms with Gasteiger partial charge in [0, 0.05) is 50.7 Å². The smallest absolute Gasteiger partial charge is 0.0347 e. The standard InChI is InChI=1S/C15H28N4/c1-13(10-16)18-7-4-15(5-8-18)6-9-19(12-15)14(2)11-17-3/h17H,1-2,4-12,16H2,3H3. The predicted octanol–water partition coefficient (Wildman–Crippen LogP) is 0.980. The molecule has 0 aromatic carbocycles. The number of piperidine rings is 1. The minimum Gasteiger partial charge on any atom is -0.374 e. The fourth-order valence-electron chi connectivity index (χ4n) is 3.36. The van der Waals surface area contributed by atoms with Gasteiger partial charge in [-0.25, -0.2) is 0 Å². The molecule has 4 nitrogen and oxygen atoms in total. The van der Waals surface area contributed by atoms with Crippen LogP contribution in [-0.2, 0) is 0 Å². The van der Waals surface area contributed by atoms with E-state index in [0.717, 1.165) is 25.3 Å². The van der Waals surface area contributed by atoms with Crippen molar-refractivity contribution in [2.75, 3.05) is 46.3 Å². The van der Waals surface area contributed by atoms with Gasteiger partial charge in [0.05, 0.1) is 0 Å². The third kappa shape index (κ3) is 3.12. The number of nitrogens with one attached hydrogen (secondary N) is 1. The first-order valence-electron chi connectivity index (χ1n) is 7.30. The monoisotopic (exact) mass is 264 g/mol. The van der Waals surface area contributed by atoms with E-state index in [0.29, 0.717) is 12.0 Å². The molecule has 4 heteroatoms. The number of nitrogens with zero attached hydrogens (tertiary/aromatic N) is 2. The minimum atomic E-state index is 0.502. The summed E-state index contributed by atoms with van der Waals surface area (Å²) in [5.41, 5.74) is 8.49. The maximum atomic E-state index is 5.67. The van der Waals surface area contributed by atoms with E-state index in [4.69, 9.17) is 5.73 Å². The lowest BCUT2D eigenvalue weighted by atomic mass is 9.77. The van der Waals surface area contributed by atoms with Crippen molar-refractivity contribution in [1.29, 1.82) is 0 Å². The highest BCUT2D eigenvalue weighted by molar-refractivity contribution is 5.06. The Balaban J connectivity index is 1.87. The van der Waals surface area contributed by atoms with Gasteiger partial charge in [0.15, 0.2) is 0 Å². The van der Waals surface area contributed by atoms with E-state index in [2.05, 4.69) is 28.3 Å². The molecule has 0 aromatic heterocycles. The molecule has 3 N–H and O–H groups in total. The fraction of sp³-hybridized carbons (Fsp3) is 0.733. The summed E-state index contributed by atoms with van der Waals surface area (Å²) in [5.74, 6) is 0. The molecular weight excluding hydrogens is 236 g/mol. The molecule has 2 heterocycles. The number of likely N-dealkylation sites (N-methyl/N-ethyl adjacent to an activating group) is 1. The summed E-state index contributed by atoms with van der Waals surface area (Å²) in [6.07, 6.45) is 3.82. The summed E-state index contributed by atoms with van der Waals surface area (Å²) < 4.78 is 0. The summed E-state index contributed by atoms with van der Waals surface area (Å²) >= 11 is 0. The molecule has 19 heavy (non-hydrogen) atoms. The number of hydrogen-bond acceptors (Lipinski definition) is 4. The van der Waals surface area contributed by atoms with Crippen molar-refractivity contribution in [2.24, 2.45) is 11.1 Å². The lowest BCUT2D eigenvalue weighted by Crippen LogP contribution is -2.42. The molecule has 108 valence electrons. The molecule has 0 unspecified atom stereocenters. The first-order valence-corrected chi connectivity index (χ1v) is 7.30. The van der Waals surface area contributed by atoms with Crippen LogP contribution in [0.1, 0.15) is 19.3 Å². The Morgan fingerprint density at radius 3 is 2.21 bits per heavy atom. The van der Waals surface area contributed by atoms with Crippen LogP contribution in [-0.4, -0.2) is 56.1 Å². The Hall–Kier alpha value is -1.00. The molecular formula is C15H28N4. The Kier molecular flexibility index (Phi) is 4.53. The van der Waals surface area contributed by atoms with E-state index >= 15 is 0 Å². The van der Waals surface area contributed by atoms with Crippen molar-refractivity contribution in [1.82, 2.24) is 15.1 Å². The van der Waals surface area contributed by atoms with Crippen LogP contribution in [0.5, 0.6) is 0 Å². The molecule has 0 saturated carbocycles. The van der Waals surface area contributed by atoms with Crippen LogP contribution < -0.4 is 11.1 Å². The molecule has 1 spiro atoms. The van der Waals surface area contributed by atoms with Crippen molar-refractivity contribution in [3.8, 4) is 0 Å². The highest BCUT2D eigenvalue weighted by Crippen LogP contribution is 2.41. The van der Waals surface area contributed by atoms with Gasteiger partial charge >= 0.3 is 0 Å². The van der Waals surface area contributed by atoms with Crippen LogP contribution in [0.15, 0.2) is 24.6 Å². The SMILES string of the molecule is C=C(CN)N1CCC2(CC1)CCN(C(=C)CNC)C2. The summed E-state index contributed by atoms with van der Waals surface area (Å²) in [7, 11) is 1.98. The first-order chi connectivity index (χ1) is 9.10. The summed E-state index contributed by atoms with van der Waals surface area (Å²) in [6.45, 7) is 14.3.